The van der Waals surface area contributed by atoms with Crippen molar-refractivity contribution in [1.29, 1.82) is 0 Å². The molecular formula is C17H14BrN3O2. The molecule has 1 aromatic heterocycles. The first-order valence-corrected chi connectivity index (χ1v) is 7.71. The summed E-state index contributed by atoms with van der Waals surface area (Å²) in [5.74, 6) is 0.419. The highest BCUT2D eigenvalue weighted by Crippen LogP contribution is 2.25. The van der Waals surface area contributed by atoms with Crippen LogP contribution in [0.3, 0.4) is 0 Å². The predicted octanol–water partition coefficient (Wildman–Crippen LogP) is 4.10. The topological polar surface area (TPSA) is 67.0 Å². The van der Waals surface area contributed by atoms with Crippen LogP contribution in [0.5, 0.6) is 5.75 Å². The lowest BCUT2D eigenvalue weighted by molar-refractivity contribution is 0.102. The van der Waals surface area contributed by atoms with Gasteiger partial charge in [-0.25, -0.2) is 0 Å². The molecule has 0 aliphatic carbocycles. The van der Waals surface area contributed by atoms with Crippen LogP contribution in [0, 0.1) is 0 Å². The number of benzene rings is 2. The molecule has 0 fully saturated rings. The van der Waals surface area contributed by atoms with E-state index >= 15 is 0 Å². The molecule has 116 valence electrons. The molecule has 2 N–H and O–H groups in total. The van der Waals surface area contributed by atoms with Gasteiger partial charge in [0.15, 0.2) is 0 Å². The smallest absolute Gasteiger partial charge is 0.256 e. The van der Waals surface area contributed by atoms with Gasteiger partial charge in [0.25, 0.3) is 5.91 Å². The van der Waals surface area contributed by atoms with Crippen molar-refractivity contribution in [2.24, 2.45) is 0 Å². The summed E-state index contributed by atoms with van der Waals surface area (Å²) >= 11 is 3.39. The number of H-pyrrole nitrogens is 1. The van der Waals surface area contributed by atoms with E-state index in [1.807, 2.05) is 30.3 Å². The number of carbonyl (C=O) groups is 1. The number of aromatic nitrogens is 2. The minimum absolute atomic E-state index is 0.211. The standard InChI is InChI=1S/C17H14BrN3O2/c1-23-13-5-6-15(18)14(10-13)17(22)20-12-4-2-3-11(9-12)16-7-8-19-21-16/h2-10H,1H3,(H,19,21)(H,20,22). The summed E-state index contributed by atoms with van der Waals surface area (Å²) in [7, 11) is 1.57. The van der Waals surface area contributed by atoms with Gasteiger partial charge >= 0.3 is 0 Å². The Morgan fingerprint density at radius 2 is 2.09 bits per heavy atom. The number of halogens is 1. The first-order valence-electron chi connectivity index (χ1n) is 6.92. The fourth-order valence-electron chi connectivity index (χ4n) is 2.18. The first-order chi connectivity index (χ1) is 11.2. The van der Waals surface area contributed by atoms with E-state index in [2.05, 4.69) is 31.4 Å². The molecule has 0 radical (unpaired) electrons. The number of nitrogens with zero attached hydrogens (tertiary/aromatic N) is 1. The van der Waals surface area contributed by atoms with E-state index in [0.29, 0.717) is 21.5 Å². The summed E-state index contributed by atoms with van der Waals surface area (Å²) < 4.78 is 5.88. The Kier molecular flexibility index (Phi) is 4.43. The van der Waals surface area contributed by atoms with Crippen molar-refractivity contribution in [1.82, 2.24) is 10.2 Å². The molecule has 0 aliphatic rings. The molecule has 5 nitrogen and oxygen atoms in total. The highest BCUT2D eigenvalue weighted by atomic mass is 79.9. The zero-order chi connectivity index (χ0) is 16.2. The average molecular weight is 372 g/mol. The van der Waals surface area contributed by atoms with Gasteiger partial charge in [-0.15, -0.1) is 0 Å². The fourth-order valence-corrected chi connectivity index (χ4v) is 2.61. The van der Waals surface area contributed by atoms with Crippen LogP contribution >= 0.6 is 15.9 Å². The van der Waals surface area contributed by atoms with Crippen LogP contribution in [0.1, 0.15) is 10.4 Å². The Hall–Kier alpha value is -2.60. The second-order valence-electron chi connectivity index (χ2n) is 4.85. The van der Waals surface area contributed by atoms with Gasteiger partial charge in [0.1, 0.15) is 5.75 Å². The zero-order valence-electron chi connectivity index (χ0n) is 12.3. The van der Waals surface area contributed by atoms with Crippen LogP contribution in [0.4, 0.5) is 5.69 Å². The van der Waals surface area contributed by atoms with Crippen LogP contribution in [0.15, 0.2) is 59.2 Å². The van der Waals surface area contributed by atoms with E-state index in [4.69, 9.17) is 4.74 Å². The Labute approximate surface area is 141 Å². The minimum Gasteiger partial charge on any atom is -0.497 e. The molecular weight excluding hydrogens is 358 g/mol. The van der Waals surface area contributed by atoms with Crippen molar-refractivity contribution in [3.8, 4) is 17.0 Å². The summed E-state index contributed by atoms with van der Waals surface area (Å²) in [5.41, 5.74) is 3.06. The molecule has 6 heteroatoms. The van der Waals surface area contributed by atoms with Crippen molar-refractivity contribution >= 4 is 27.5 Å². The van der Waals surface area contributed by atoms with E-state index in [1.54, 1.807) is 31.5 Å². The normalized spacial score (nSPS) is 10.3. The predicted molar refractivity (Wildman–Crippen MR) is 92.7 cm³/mol. The lowest BCUT2D eigenvalue weighted by atomic mass is 10.1. The maximum atomic E-state index is 12.5. The number of hydrogen-bond donors (Lipinski definition) is 2. The van der Waals surface area contributed by atoms with Crippen LogP contribution < -0.4 is 10.1 Å². The minimum atomic E-state index is -0.211. The summed E-state index contributed by atoms with van der Waals surface area (Å²) in [4.78, 5) is 12.5. The SMILES string of the molecule is COc1ccc(Br)c(C(=O)Nc2cccc(-c3ccn[nH]3)c2)c1. The number of aromatic amines is 1. The quantitative estimate of drug-likeness (QED) is 0.725. The van der Waals surface area contributed by atoms with Crippen molar-refractivity contribution in [3.63, 3.8) is 0 Å². The van der Waals surface area contributed by atoms with E-state index in [0.717, 1.165) is 11.3 Å². The van der Waals surface area contributed by atoms with Gasteiger partial charge in [-0.3, -0.25) is 9.89 Å². The number of ether oxygens (including phenoxy) is 1. The van der Waals surface area contributed by atoms with Gasteiger partial charge in [-0.05, 0) is 52.3 Å². The average Bonchev–Trinajstić information content (AvgIpc) is 3.10. The molecule has 0 unspecified atom stereocenters. The molecule has 1 amide bonds. The molecule has 3 aromatic rings. The van der Waals surface area contributed by atoms with Crippen molar-refractivity contribution in [2.45, 2.75) is 0 Å². The lowest BCUT2D eigenvalue weighted by Gasteiger charge is -2.09. The number of hydrogen-bond acceptors (Lipinski definition) is 3. The Balaban J connectivity index is 1.85. The van der Waals surface area contributed by atoms with Gasteiger partial charge in [-0.2, -0.15) is 5.10 Å². The number of carbonyl (C=O) groups excluding carboxylic acids is 1. The molecule has 0 aliphatic heterocycles. The molecule has 0 spiro atoms. The molecule has 1 heterocycles. The summed E-state index contributed by atoms with van der Waals surface area (Å²) in [6, 6.07) is 14.7. The molecule has 0 saturated heterocycles. The van der Waals surface area contributed by atoms with Crippen LogP contribution in [-0.4, -0.2) is 23.2 Å². The van der Waals surface area contributed by atoms with E-state index in [9.17, 15) is 4.79 Å². The van der Waals surface area contributed by atoms with E-state index < -0.39 is 0 Å². The maximum Gasteiger partial charge on any atom is 0.256 e. The second kappa shape index (κ2) is 6.66. The monoisotopic (exact) mass is 371 g/mol. The van der Waals surface area contributed by atoms with Crippen molar-refractivity contribution in [3.05, 3.63) is 64.8 Å². The van der Waals surface area contributed by atoms with Gasteiger partial charge in [0, 0.05) is 21.9 Å². The number of rotatable bonds is 4. The maximum absolute atomic E-state index is 12.5. The fraction of sp³-hybridized carbons (Fsp3) is 0.0588. The molecule has 0 saturated carbocycles. The summed E-state index contributed by atoms with van der Waals surface area (Å²) in [6.45, 7) is 0. The largest absolute Gasteiger partial charge is 0.497 e. The van der Waals surface area contributed by atoms with Crippen LogP contribution in [0.25, 0.3) is 11.3 Å². The number of nitrogens with one attached hydrogen (secondary N) is 2. The number of amides is 1. The van der Waals surface area contributed by atoms with Gasteiger partial charge < -0.3 is 10.1 Å². The molecule has 23 heavy (non-hydrogen) atoms. The molecule has 2 aromatic carbocycles. The van der Waals surface area contributed by atoms with E-state index in [-0.39, 0.29) is 5.91 Å². The van der Waals surface area contributed by atoms with Gasteiger partial charge in [-0.1, -0.05) is 12.1 Å². The Morgan fingerprint density at radius 3 is 2.83 bits per heavy atom. The third kappa shape index (κ3) is 3.43. The van der Waals surface area contributed by atoms with Crippen molar-refractivity contribution in [2.75, 3.05) is 12.4 Å². The molecule has 0 bridgehead atoms. The molecule has 0 atom stereocenters. The number of anilines is 1. The highest BCUT2D eigenvalue weighted by molar-refractivity contribution is 9.10. The second-order valence-corrected chi connectivity index (χ2v) is 5.71. The lowest BCUT2D eigenvalue weighted by Crippen LogP contribution is -2.12. The first kappa shape index (κ1) is 15.3. The van der Waals surface area contributed by atoms with Gasteiger partial charge in [0.05, 0.1) is 18.4 Å². The zero-order valence-corrected chi connectivity index (χ0v) is 13.9. The Morgan fingerprint density at radius 1 is 1.22 bits per heavy atom. The van der Waals surface area contributed by atoms with Crippen LogP contribution in [-0.2, 0) is 0 Å². The van der Waals surface area contributed by atoms with Crippen molar-refractivity contribution < 1.29 is 9.53 Å². The third-order valence-electron chi connectivity index (χ3n) is 3.35. The van der Waals surface area contributed by atoms with Crippen LogP contribution in [0.2, 0.25) is 0 Å². The number of methoxy groups -OCH3 is 1. The van der Waals surface area contributed by atoms with E-state index in [1.165, 1.54) is 0 Å². The summed E-state index contributed by atoms with van der Waals surface area (Å²) in [6.07, 6.45) is 1.69. The Bertz CT molecular complexity index is 832. The van der Waals surface area contributed by atoms with Gasteiger partial charge in [0.2, 0.25) is 0 Å². The highest BCUT2D eigenvalue weighted by Gasteiger charge is 2.12. The molecule has 3 rings (SSSR count). The summed E-state index contributed by atoms with van der Waals surface area (Å²) in [5, 5.41) is 9.73. The third-order valence-corrected chi connectivity index (χ3v) is 4.04.